The largest absolute Gasteiger partial charge is 0.295 e. The van der Waals surface area contributed by atoms with Crippen molar-refractivity contribution in [1.29, 1.82) is 0 Å². The Balaban J connectivity index is 1.47. The van der Waals surface area contributed by atoms with Gasteiger partial charge in [-0.15, -0.1) is 0 Å². The summed E-state index contributed by atoms with van der Waals surface area (Å²) in [7, 11) is 0. The zero-order valence-corrected chi connectivity index (χ0v) is 19.1. The second-order valence-electron chi connectivity index (χ2n) is 8.23. The lowest BCUT2D eigenvalue weighted by Crippen LogP contribution is -2.02. The van der Waals surface area contributed by atoms with Gasteiger partial charge in [-0.25, -0.2) is 4.98 Å². The minimum Gasteiger partial charge on any atom is -0.295 e. The number of aryl methyl sites for hydroxylation is 1. The van der Waals surface area contributed by atoms with Crippen LogP contribution in [-0.2, 0) is 6.42 Å². The van der Waals surface area contributed by atoms with E-state index < -0.39 is 0 Å². The summed E-state index contributed by atoms with van der Waals surface area (Å²) in [4.78, 5) is 16.6. The summed E-state index contributed by atoms with van der Waals surface area (Å²) in [5.74, 6) is 0.522. The van der Waals surface area contributed by atoms with Gasteiger partial charge in [-0.3, -0.25) is 4.79 Å². The Morgan fingerprint density at radius 3 is 2.62 bits per heavy atom. The summed E-state index contributed by atoms with van der Waals surface area (Å²) >= 11 is 6.11. The van der Waals surface area contributed by atoms with Gasteiger partial charge in [0, 0.05) is 16.0 Å². The molecule has 32 heavy (non-hydrogen) atoms. The van der Waals surface area contributed by atoms with Crippen molar-refractivity contribution in [3.05, 3.63) is 112 Å². The van der Waals surface area contributed by atoms with Crippen LogP contribution in [0.4, 0.5) is 0 Å². The highest BCUT2D eigenvalue weighted by atomic mass is 35.5. The molecule has 0 radical (unpaired) electrons. The van der Waals surface area contributed by atoms with Crippen LogP contribution >= 0.6 is 11.6 Å². The first-order chi connectivity index (χ1) is 15.5. The normalized spacial score (nSPS) is 12.3. The van der Waals surface area contributed by atoms with E-state index >= 15 is 0 Å². The molecule has 0 spiro atoms. The number of carbonyl (C=O) groups excluding carboxylic acids is 1. The fourth-order valence-electron chi connectivity index (χ4n) is 3.97. The van der Waals surface area contributed by atoms with E-state index in [0.717, 1.165) is 46.1 Å². The van der Waals surface area contributed by atoms with Crippen LogP contribution in [0.2, 0.25) is 5.02 Å². The molecule has 0 aliphatic rings. The number of aromatic nitrogens is 1. The molecule has 4 rings (SSSR count). The molecule has 1 atom stereocenters. The Bertz CT molecular complexity index is 1290. The van der Waals surface area contributed by atoms with Gasteiger partial charge >= 0.3 is 0 Å². The van der Waals surface area contributed by atoms with E-state index in [1.807, 2.05) is 48.5 Å². The van der Waals surface area contributed by atoms with Gasteiger partial charge in [0.2, 0.25) is 0 Å². The third-order valence-electron chi connectivity index (χ3n) is 5.85. The number of hydrogen-bond donors (Lipinski definition) is 0. The zero-order chi connectivity index (χ0) is 22.5. The van der Waals surface area contributed by atoms with E-state index in [1.54, 1.807) is 6.92 Å². The van der Waals surface area contributed by atoms with Crippen molar-refractivity contribution in [2.24, 2.45) is 0 Å². The van der Waals surface area contributed by atoms with Crippen LogP contribution in [0.25, 0.3) is 23.1 Å². The van der Waals surface area contributed by atoms with Crippen molar-refractivity contribution in [1.82, 2.24) is 4.98 Å². The molecule has 0 N–H and O–H groups in total. The smallest absolute Gasteiger partial charge is 0.160 e. The van der Waals surface area contributed by atoms with Crippen LogP contribution < -0.4 is 0 Å². The van der Waals surface area contributed by atoms with E-state index in [9.17, 15) is 4.79 Å². The fraction of sp³-hybridized carbons (Fsp3) is 0.172. The van der Waals surface area contributed by atoms with Crippen LogP contribution in [0.15, 0.2) is 78.9 Å². The Kier molecular flexibility index (Phi) is 6.82. The van der Waals surface area contributed by atoms with Crippen molar-refractivity contribution in [2.75, 3.05) is 0 Å². The molecule has 0 fully saturated rings. The number of benzene rings is 3. The van der Waals surface area contributed by atoms with Crippen molar-refractivity contribution in [2.45, 2.75) is 32.6 Å². The molecule has 1 aromatic heterocycles. The van der Waals surface area contributed by atoms with Gasteiger partial charge in [0.15, 0.2) is 5.78 Å². The van der Waals surface area contributed by atoms with Crippen LogP contribution in [0, 0.1) is 0 Å². The summed E-state index contributed by atoms with van der Waals surface area (Å²) < 4.78 is 0. The number of nitrogens with zero attached hydrogens (tertiary/aromatic N) is 1. The minimum atomic E-state index is 0.130. The Hall–Kier alpha value is -3.23. The SMILES string of the molecule is CC(=O)c1ccccc1CCC(C)c1cccc(/C=C/c2ccc3ccc(Cl)cc3n2)c1. The molecule has 0 saturated heterocycles. The molecule has 2 nitrogen and oxygen atoms in total. The molecule has 0 aliphatic heterocycles. The first-order valence-corrected chi connectivity index (χ1v) is 11.3. The van der Waals surface area contributed by atoms with Crippen LogP contribution in [0.3, 0.4) is 0 Å². The second-order valence-corrected chi connectivity index (χ2v) is 8.67. The quantitative estimate of drug-likeness (QED) is 0.273. The highest BCUT2D eigenvalue weighted by molar-refractivity contribution is 6.31. The molecular weight excluding hydrogens is 414 g/mol. The van der Waals surface area contributed by atoms with E-state index in [-0.39, 0.29) is 5.78 Å². The lowest BCUT2D eigenvalue weighted by Gasteiger charge is -2.14. The summed E-state index contributed by atoms with van der Waals surface area (Å²) in [6.45, 7) is 3.88. The number of hydrogen-bond acceptors (Lipinski definition) is 2. The molecule has 4 aromatic rings. The summed E-state index contributed by atoms with van der Waals surface area (Å²) in [6.07, 6.45) is 6.01. The van der Waals surface area contributed by atoms with Crippen molar-refractivity contribution in [3.63, 3.8) is 0 Å². The number of Topliss-reactive ketones (excluding diaryl/α,β-unsaturated/α-hetero) is 1. The molecule has 0 aliphatic carbocycles. The molecule has 1 unspecified atom stereocenters. The van der Waals surface area contributed by atoms with E-state index in [0.29, 0.717) is 10.9 Å². The monoisotopic (exact) mass is 439 g/mol. The number of fused-ring (bicyclic) bond motifs is 1. The third kappa shape index (κ3) is 5.33. The molecular formula is C29H26ClNO. The average Bonchev–Trinajstić information content (AvgIpc) is 2.81. The van der Waals surface area contributed by atoms with Gasteiger partial charge in [-0.2, -0.15) is 0 Å². The molecule has 3 heteroatoms. The number of halogens is 1. The van der Waals surface area contributed by atoms with Crippen molar-refractivity contribution in [3.8, 4) is 0 Å². The second kappa shape index (κ2) is 9.93. The topological polar surface area (TPSA) is 30.0 Å². The number of rotatable bonds is 7. The lowest BCUT2D eigenvalue weighted by atomic mass is 9.91. The van der Waals surface area contributed by atoms with Gasteiger partial charge in [0.05, 0.1) is 11.2 Å². The maximum absolute atomic E-state index is 11.9. The summed E-state index contributed by atoms with van der Waals surface area (Å²) in [5.41, 5.74) is 6.20. The van der Waals surface area contributed by atoms with Crippen LogP contribution in [-0.4, -0.2) is 10.8 Å². The standard InChI is InChI=1S/C29H26ClNO/c1-20(10-12-23-7-3-4-9-28(23)21(2)32)25-8-5-6-22(18-25)11-16-27-17-14-24-13-15-26(30)19-29(24)31-27/h3-9,11,13-20H,10,12H2,1-2H3/b16-11+. The Morgan fingerprint density at radius 2 is 1.78 bits per heavy atom. The van der Waals surface area contributed by atoms with Crippen LogP contribution in [0.5, 0.6) is 0 Å². The van der Waals surface area contributed by atoms with E-state index in [1.165, 1.54) is 5.56 Å². The Labute approximate surface area is 194 Å². The highest BCUT2D eigenvalue weighted by Crippen LogP contribution is 2.24. The van der Waals surface area contributed by atoms with E-state index in [4.69, 9.17) is 16.6 Å². The number of ketones is 1. The van der Waals surface area contributed by atoms with Gasteiger partial charge in [-0.05, 0) is 66.6 Å². The molecule has 0 amide bonds. The van der Waals surface area contributed by atoms with Gasteiger partial charge < -0.3 is 0 Å². The predicted molar refractivity (Wildman–Crippen MR) is 135 cm³/mol. The zero-order valence-electron chi connectivity index (χ0n) is 18.4. The predicted octanol–water partition coefficient (Wildman–Crippen LogP) is 8.00. The maximum Gasteiger partial charge on any atom is 0.160 e. The van der Waals surface area contributed by atoms with Gasteiger partial charge in [-0.1, -0.05) is 85.3 Å². The minimum absolute atomic E-state index is 0.130. The Morgan fingerprint density at radius 1 is 0.969 bits per heavy atom. The van der Waals surface area contributed by atoms with Crippen molar-refractivity contribution < 1.29 is 4.79 Å². The van der Waals surface area contributed by atoms with Crippen molar-refractivity contribution >= 4 is 40.4 Å². The lowest BCUT2D eigenvalue weighted by molar-refractivity contribution is 0.101. The van der Waals surface area contributed by atoms with Gasteiger partial charge in [0.1, 0.15) is 0 Å². The average molecular weight is 440 g/mol. The third-order valence-corrected chi connectivity index (χ3v) is 6.08. The molecule has 3 aromatic carbocycles. The first-order valence-electron chi connectivity index (χ1n) is 10.9. The molecule has 1 heterocycles. The number of carbonyl (C=O) groups is 1. The molecule has 160 valence electrons. The van der Waals surface area contributed by atoms with Gasteiger partial charge in [0.25, 0.3) is 0 Å². The molecule has 0 bridgehead atoms. The van der Waals surface area contributed by atoms with Crippen LogP contribution in [0.1, 0.15) is 58.9 Å². The highest BCUT2D eigenvalue weighted by Gasteiger charge is 2.10. The maximum atomic E-state index is 11.9. The fourth-order valence-corrected chi connectivity index (χ4v) is 4.14. The van der Waals surface area contributed by atoms with E-state index in [2.05, 4.69) is 49.4 Å². The number of pyridine rings is 1. The summed E-state index contributed by atoms with van der Waals surface area (Å²) in [6, 6.07) is 26.4. The first kappa shape index (κ1) is 22.0. The summed E-state index contributed by atoms with van der Waals surface area (Å²) in [5, 5.41) is 1.77. The molecule has 0 saturated carbocycles.